The topological polar surface area (TPSA) is 97.0 Å². The van der Waals surface area contributed by atoms with E-state index in [1.807, 2.05) is 0 Å². The van der Waals surface area contributed by atoms with Crippen molar-refractivity contribution in [2.45, 2.75) is 19.9 Å². The molecule has 8 heteroatoms. The van der Waals surface area contributed by atoms with Crippen molar-refractivity contribution < 1.29 is 23.9 Å². The van der Waals surface area contributed by atoms with E-state index in [0.717, 1.165) is 0 Å². The summed E-state index contributed by atoms with van der Waals surface area (Å²) >= 11 is 0. The fourth-order valence-corrected chi connectivity index (χ4v) is 1.73. The van der Waals surface area contributed by atoms with Crippen LogP contribution in [-0.2, 0) is 19.1 Å². The molecule has 3 amide bonds. The summed E-state index contributed by atoms with van der Waals surface area (Å²) in [5.74, 6) is -0.686. The number of ether oxygens (including phenoxy) is 2. The molecule has 1 rings (SSSR count). The molecule has 114 valence electrons. The van der Waals surface area contributed by atoms with Crippen LogP contribution in [0.4, 0.5) is 4.79 Å². The van der Waals surface area contributed by atoms with E-state index in [1.54, 1.807) is 18.7 Å². The lowest BCUT2D eigenvalue weighted by molar-refractivity contribution is -0.141. The van der Waals surface area contributed by atoms with E-state index in [2.05, 4.69) is 15.4 Å². The highest BCUT2D eigenvalue weighted by Gasteiger charge is 2.23. The number of hydrogen-bond donors (Lipinski definition) is 2. The van der Waals surface area contributed by atoms with Crippen molar-refractivity contribution in [1.82, 2.24) is 15.5 Å². The summed E-state index contributed by atoms with van der Waals surface area (Å²) in [4.78, 5) is 36.2. The number of hydrogen-bond acceptors (Lipinski definition) is 5. The van der Waals surface area contributed by atoms with E-state index in [4.69, 9.17) is 4.74 Å². The Labute approximate surface area is 117 Å². The van der Waals surface area contributed by atoms with Gasteiger partial charge in [-0.2, -0.15) is 0 Å². The van der Waals surface area contributed by atoms with Crippen LogP contribution in [0.5, 0.6) is 0 Å². The molecule has 1 unspecified atom stereocenters. The van der Waals surface area contributed by atoms with Gasteiger partial charge in [0.05, 0.1) is 19.8 Å². The number of esters is 1. The summed E-state index contributed by atoms with van der Waals surface area (Å²) in [6.45, 7) is 5.38. The van der Waals surface area contributed by atoms with Crippen LogP contribution in [0.15, 0.2) is 0 Å². The zero-order valence-electron chi connectivity index (χ0n) is 11.8. The minimum absolute atomic E-state index is 0.167. The fraction of sp³-hybridized carbons (Fsp3) is 0.750. The average molecular weight is 287 g/mol. The molecule has 1 aliphatic rings. The maximum atomic E-state index is 12.0. The first-order valence-electron chi connectivity index (χ1n) is 6.61. The van der Waals surface area contributed by atoms with E-state index in [0.29, 0.717) is 26.3 Å². The second kappa shape index (κ2) is 8.36. The first-order valence-corrected chi connectivity index (χ1v) is 6.61. The Morgan fingerprint density at radius 2 is 1.95 bits per heavy atom. The molecule has 0 aromatic carbocycles. The predicted octanol–water partition coefficient (Wildman–Crippen LogP) is -0.904. The van der Waals surface area contributed by atoms with Crippen LogP contribution in [0.25, 0.3) is 0 Å². The van der Waals surface area contributed by atoms with E-state index in [9.17, 15) is 14.4 Å². The maximum absolute atomic E-state index is 12.0. The van der Waals surface area contributed by atoms with Gasteiger partial charge in [0, 0.05) is 13.1 Å². The van der Waals surface area contributed by atoms with Gasteiger partial charge in [0.2, 0.25) is 5.91 Å². The van der Waals surface area contributed by atoms with Crippen LogP contribution in [-0.4, -0.2) is 68.3 Å². The Morgan fingerprint density at radius 3 is 2.55 bits per heavy atom. The summed E-state index contributed by atoms with van der Waals surface area (Å²) in [7, 11) is 0. The third-order valence-corrected chi connectivity index (χ3v) is 2.74. The summed E-state index contributed by atoms with van der Waals surface area (Å²) in [6.07, 6.45) is 0. The first kappa shape index (κ1) is 16.2. The number of nitrogens with zero attached hydrogens (tertiary/aromatic N) is 1. The minimum atomic E-state index is -0.657. The number of amides is 3. The second-order valence-electron chi connectivity index (χ2n) is 4.29. The number of rotatable bonds is 5. The van der Waals surface area contributed by atoms with Gasteiger partial charge in [0.25, 0.3) is 0 Å². The molecule has 0 radical (unpaired) electrons. The zero-order valence-corrected chi connectivity index (χ0v) is 11.8. The smallest absolute Gasteiger partial charge is 0.325 e. The van der Waals surface area contributed by atoms with Crippen molar-refractivity contribution in [3.63, 3.8) is 0 Å². The van der Waals surface area contributed by atoms with E-state index >= 15 is 0 Å². The lowest BCUT2D eigenvalue weighted by atomic mass is 10.2. The molecule has 8 nitrogen and oxygen atoms in total. The van der Waals surface area contributed by atoms with Crippen molar-refractivity contribution in [3.8, 4) is 0 Å². The molecule has 1 atom stereocenters. The Kier molecular flexibility index (Phi) is 6.78. The molecule has 1 aliphatic heterocycles. The van der Waals surface area contributed by atoms with Gasteiger partial charge in [-0.05, 0) is 13.8 Å². The number of carbonyl (C=O) groups excluding carboxylic acids is 3. The molecule has 0 saturated carbocycles. The monoisotopic (exact) mass is 287 g/mol. The van der Waals surface area contributed by atoms with Gasteiger partial charge in [0.15, 0.2) is 0 Å². The molecule has 0 aromatic rings. The van der Waals surface area contributed by atoms with Gasteiger partial charge >= 0.3 is 12.0 Å². The second-order valence-corrected chi connectivity index (χ2v) is 4.29. The lowest BCUT2D eigenvalue weighted by Gasteiger charge is -2.29. The van der Waals surface area contributed by atoms with Gasteiger partial charge in [-0.25, -0.2) is 4.79 Å². The standard InChI is InChI=1S/C12H21N3O5/c1-3-20-10(16)8-13-12(18)14-9(2)11(17)15-4-6-19-7-5-15/h9H,3-8H2,1-2H3,(H2,13,14,18). The maximum Gasteiger partial charge on any atom is 0.325 e. The first-order chi connectivity index (χ1) is 9.54. The Morgan fingerprint density at radius 1 is 1.30 bits per heavy atom. The van der Waals surface area contributed by atoms with Crippen molar-refractivity contribution in [3.05, 3.63) is 0 Å². The number of carbonyl (C=O) groups is 3. The van der Waals surface area contributed by atoms with Crippen LogP contribution >= 0.6 is 0 Å². The highest BCUT2D eigenvalue weighted by Crippen LogP contribution is 2.00. The van der Waals surface area contributed by atoms with E-state index < -0.39 is 18.0 Å². The Balaban J connectivity index is 2.29. The summed E-state index contributed by atoms with van der Waals surface area (Å²) in [5, 5.41) is 4.82. The van der Waals surface area contributed by atoms with Crippen LogP contribution in [0, 0.1) is 0 Å². The van der Waals surface area contributed by atoms with Crippen molar-refractivity contribution in [2.75, 3.05) is 39.5 Å². The van der Waals surface area contributed by atoms with Crippen LogP contribution in [0.3, 0.4) is 0 Å². The van der Waals surface area contributed by atoms with Crippen molar-refractivity contribution in [2.24, 2.45) is 0 Å². The Bertz CT molecular complexity index is 355. The van der Waals surface area contributed by atoms with Crippen molar-refractivity contribution in [1.29, 1.82) is 0 Å². The highest BCUT2D eigenvalue weighted by atomic mass is 16.5. The minimum Gasteiger partial charge on any atom is -0.465 e. The highest BCUT2D eigenvalue weighted by molar-refractivity contribution is 5.88. The summed E-state index contributed by atoms with van der Waals surface area (Å²) in [5.41, 5.74) is 0. The Hall–Kier alpha value is -1.83. The third kappa shape index (κ3) is 5.43. The molecule has 2 N–H and O–H groups in total. The van der Waals surface area contributed by atoms with E-state index in [-0.39, 0.29) is 19.1 Å². The fourth-order valence-electron chi connectivity index (χ4n) is 1.73. The molecule has 0 aromatic heterocycles. The quantitative estimate of drug-likeness (QED) is 0.638. The van der Waals surface area contributed by atoms with Gasteiger partial charge in [-0.15, -0.1) is 0 Å². The molecule has 0 aliphatic carbocycles. The molecule has 0 bridgehead atoms. The van der Waals surface area contributed by atoms with E-state index in [1.165, 1.54) is 0 Å². The molecule has 1 fully saturated rings. The van der Waals surface area contributed by atoms with Gasteiger partial charge in [0.1, 0.15) is 12.6 Å². The average Bonchev–Trinajstić information content (AvgIpc) is 2.45. The van der Waals surface area contributed by atoms with Crippen molar-refractivity contribution >= 4 is 17.9 Å². The molecule has 20 heavy (non-hydrogen) atoms. The molecule has 1 heterocycles. The number of urea groups is 1. The van der Waals surface area contributed by atoms with Gasteiger partial charge < -0.3 is 25.0 Å². The third-order valence-electron chi connectivity index (χ3n) is 2.74. The number of nitrogens with one attached hydrogen (secondary N) is 2. The predicted molar refractivity (Wildman–Crippen MR) is 70.0 cm³/mol. The normalized spacial score (nSPS) is 16.2. The van der Waals surface area contributed by atoms with Crippen LogP contribution in [0.2, 0.25) is 0 Å². The van der Waals surface area contributed by atoms with Crippen LogP contribution in [0.1, 0.15) is 13.8 Å². The number of morpholine rings is 1. The zero-order chi connectivity index (χ0) is 15.0. The van der Waals surface area contributed by atoms with Gasteiger partial charge in [-0.1, -0.05) is 0 Å². The van der Waals surface area contributed by atoms with Gasteiger partial charge in [-0.3, -0.25) is 9.59 Å². The summed E-state index contributed by atoms with van der Waals surface area (Å²) in [6, 6.07) is -1.23. The van der Waals surface area contributed by atoms with Crippen LogP contribution < -0.4 is 10.6 Å². The lowest BCUT2D eigenvalue weighted by Crippen LogP contribution is -2.52. The largest absolute Gasteiger partial charge is 0.465 e. The molecular weight excluding hydrogens is 266 g/mol. The summed E-state index contributed by atoms with van der Waals surface area (Å²) < 4.78 is 9.82. The molecule has 1 saturated heterocycles. The molecular formula is C12H21N3O5. The SMILES string of the molecule is CCOC(=O)CNC(=O)NC(C)C(=O)N1CCOCC1. The molecule has 0 spiro atoms.